The van der Waals surface area contributed by atoms with E-state index in [9.17, 15) is 32.3 Å². The molecule has 0 spiro atoms. The van der Waals surface area contributed by atoms with Crippen LogP contribution in [0.5, 0.6) is 5.75 Å². The van der Waals surface area contributed by atoms with Crippen molar-refractivity contribution >= 4 is 29.4 Å². The van der Waals surface area contributed by atoms with Crippen molar-refractivity contribution in [1.29, 1.82) is 0 Å². The number of anilines is 1. The topological polar surface area (TPSA) is 115 Å². The number of benzene rings is 4. The first-order valence-electron chi connectivity index (χ1n) is 16.2. The quantitative estimate of drug-likeness (QED) is 0.103. The summed E-state index contributed by atoms with van der Waals surface area (Å²) in [6, 6.07) is 25.9. The van der Waals surface area contributed by atoms with Gasteiger partial charge in [0.25, 0.3) is 11.8 Å². The van der Waals surface area contributed by atoms with Gasteiger partial charge in [-0.05, 0) is 78.1 Å². The van der Waals surface area contributed by atoms with Crippen molar-refractivity contribution in [2.75, 3.05) is 19.4 Å². The smallest absolute Gasteiger partial charge is 0.417 e. The van der Waals surface area contributed by atoms with Gasteiger partial charge in [-0.25, -0.2) is 4.79 Å². The van der Waals surface area contributed by atoms with E-state index < -0.39 is 41.1 Å². The van der Waals surface area contributed by atoms with Gasteiger partial charge in [0.1, 0.15) is 12.4 Å². The summed E-state index contributed by atoms with van der Waals surface area (Å²) in [5, 5.41) is 2.55. The molecule has 1 heterocycles. The number of amides is 2. The van der Waals surface area contributed by atoms with E-state index in [4.69, 9.17) is 9.47 Å². The first-order chi connectivity index (χ1) is 24.9. The summed E-state index contributed by atoms with van der Waals surface area (Å²) in [5.41, 5.74) is 0.633. The molecule has 0 saturated carbocycles. The Labute approximate surface area is 298 Å². The number of esters is 2. The van der Waals surface area contributed by atoms with Crippen LogP contribution in [0.3, 0.4) is 0 Å². The van der Waals surface area contributed by atoms with E-state index in [1.54, 1.807) is 67.0 Å². The van der Waals surface area contributed by atoms with Gasteiger partial charge in [-0.3, -0.25) is 19.4 Å². The van der Waals surface area contributed by atoms with E-state index in [-0.39, 0.29) is 41.2 Å². The van der Waals surface area contributed by atoms with Gasteiger partial charge in [-0.15, -0.1) is 0 Å². The third kappa shape index (κ3) is 9.48. The molecule has 0 fully saturated rings. The second-order valence-corrected chi connectivity index (χ2v) is 11.9. The molecule has 0 saturated heterocycles. The molecule has 0 aliphatic carbocycles. The summed E-state index contributed by atoms with van der Waals surface area (Å²) in [5.74, 6) is -2.31. The summed E-state index contributed by atoms with van der Waals surface area (Å²) in [7, 11) is 3.03. The van der Waals surface area contributed by atoms with Gasteiger partial charge in [0.15, 0.2) is 0 Å². The molecule has 0 unspecified atom stereocenters. The molecule has 0 aliphatic rings. The number of nitrogens with zero attached hydrogens (tertiary/aromatic N) is 2. The van der Waals surface area contributed by atoms with Crippen molar-refractivity contribution < 1.29 is 41.8 Å². The van der Waals surface area contributed by atoms with Gasteiger partial charge < -0.3 is 19.7 Å². The number of hydrogen-bond acceptors (Lipinski definition) is 7. The summed E-state index contributed by atoms with van der Waals surface area (Å²) in [6.45, 7) is 0.0671. The maximum Gasteiger partial charge on any atom is 0.417 e. The highest BCUT2D eigenvalue weighted by Crippen LogP contribution is 2.37. The fraction of sp³-hybridized carbons (Fsp3) is 0.175. The Morgan fingerprint density at radius 2 is 1.58 bits per heavy atom. The maximum atomic E-state index is 14.1. The zero-order valence-electron chi connectivity index (χ0n) is 28.3. The van der Waals surface area contributed by atoms with Crippen molar-refractivity contribution in [2.45, 2.75) is 32.0 Å². The van der Waals surface area contributed by atoms with E-state index in [2.05, 4.69) is 10.3 Å². The fourth-order valence-corrected chi connectivity index (χ4v) is 5.34. The molecule has 4 aromatic carbocycles. The lowest BCUT2D eigenvalue weighted by Gasteiger charge is -2.19. The average molecular weight is 710 g/mol. The molecule has 12 heteroatoms. The molecule has 5 aromatic rings. The van der Waals surface area contributed by atoms with Gasteiger partial charge in [0.05, 0.1) is 27.9 Å². The molecule has 1 aromatic heterocycles. The minimum Gasteiger partial charge on any atom is -0.457 e. The van der Waals surface area contributed by atoms with Crippen LogP contribution in [0.25, 0.3) is 11.1 Å². The number of carbonyl (C=O) groups is 4. The number of carbonyl (C=O) groups excluding carboxylic acids is 4. The van der Waals surface area contributed by atoms with Gasteiger partial charge >= 0.3 is 18.1 Å². The molecule has 9 nitrogen and oxygen atoms in total. The molecule has 266 valence electrons. The van der Waals surface area contributed by atoms with Crippen LogP contribution in [0.2, 0.25) is 0 Å². The Bertz CT molecular complexity index is 2050. The van der Waals surface area contributed by atoms with Crippen molar-refractivity contribution in [3.8, 4) is 16.9 Å². The van der Waals surface area contributed by atoms with E-state index in [0.29, 0.717) is 24.0 Å². The molecule has 52 heavy (non-hydrogen) atoms. The fourth-order valence-electron chi connectivity index (χ4n) is 5.34. The molecule has 0 atom stereocenters. The maximum absolute atomic E-state index is 14.1. The normalized spacial score (nSPS) is 11.0. The standard InChI is InChI=1S/C40H34F3N3O6/c1-46(2)38(49)32-23-26(9-6-15-35(47)52-30-19-17-29(18-20-30)39(50)51-25-27-10-8-22-44-24-27)16-21-34(32)45-37(48)36-31(28-11-4-3-5-12-28)13-7-14-33(36)40(41,42)43/h3-5,7-8,10-14,16-24H,6,9,15,25H2,1-2H3,(H,45,48). The predicted molar refractivity (Wildman–Crippen MR) is 188 cm³/mol. The lowest BCUT2D eigenvalue weighted by Crippen LogP contribution is -2.25. The number of halogens is 3. The van der Waals surface area contributed by atoms with Gasteiger partial charge in [-0.1, -0.05) is 54.6 Å². The second-order valence-electron chi connectivity index (χ2n) is 11.9. The molecular weight excluding hydrogens is 675 g/mol. The van der Waals surface area contributed by atoms with Crippen LogP contribution < -0.4 is 10.1 Å². The number of aryl methyl sites for hydroxylation is 1. The highest BCUT2D eigenvalue weighted by molar-refractivity contribution is 6.12. The minimum absolute atomic E-state index is 0.0286. The minimum atomic E-state index is -4.82. The van der Waals surface area contributed by atoms with Gasteiger partial charge in [0, 0.05) is 38.5 Å². The van der Waals surface area contributed by atoms with Crippen LogP contribution in [0.15, 0.2) is 116 Å². The summed E-state index contributed by atoms with van der Waals surface area (Å²) >= 11 is 0. The molecule has 0 aliphatic heterocycles. The molecule has 0 radical (unpaired) electrons. The van der Waals surface area contributed by atoms with Crippen molar-refractivity contribution in [3.05, 3.63) is 149 Å². The lowest BCUT2D eigenvalue weighted by molar-refractivity contribution is -0.138. The van der Waals surface area contributed by atoms with E-state index in [1.165, 1.54) is 61.5 Å². The third-order valence-electron chi connectivity index (χ3n) is 7.91. The van der Waals surface area contributed by atoms with Crippen LogP contribution in [-0.4, -0.2) is 47.7 Å². The number of aromatic nitrogens is 1. The Morgan fingerprint density at radius 3 is 2.25 bits per heavy atom. The Balaban J connectivity index is 1.24. The number of rotatable bonds is 12. The van der Waals surface area contributed by atoms with Crippen LogP contribution in [0.4, 0.5) is 18.9 Å². The molecule has 1 N–H and O–H groups in total. The van der Waals surface area contributed by atoms with E-state index in [1.807, 2.05) is 0 Å². The van der Waals surface area contributed by atoms with Crippen molar-refractivity contribution in [2.24, 2.45) is 0 Å². The van der Waals surface area contributed by atoms with Crippen LogP contribution in [0.1, 0.15) is 60.6 Å². The van der Waals surface area contributed by atoms with Crippen LogP contribution in [0, 0.1) is 0 Å². The third-order valence-corrected chi connectivity index (χ3v) is 7.91. The largest absolute Gasteiger partial charge is 0.457 e. The SMILES string of the molecule is CN(C)C(=O)c1cc(CCCC(=O)Oc2ccc(C(=O)OCc3cccnc3)cc2)ccc1NC(=O)c1c(-c2ccccc2)cccc1C(F)(F)F. The highest BCUT2D eigenvalue weighted by atomic mass is 19.4. The Hall–Kier alpha value is -6.30. The second kappa shape index (κ2) is 16.6. The Kier molecular flexibility index (Phi) is 11.8. The summed E-state index contributed by atoms with van der Waals surface area (Å²) in [6.07, 6.45) is -0.872. The summed E-state index contributed by atoms with van der Waals surface area (Å²) in [4.78, 5) is 57.0. The monoisotopic (exact) mass is 709 g/mol. The number of hydrogen-bond donors (Lipinski definition) is 1. The van der Waals surface area contributed by atoms with E-state index >= 15 is 0 Å². The number of ether oxygens (including phenoxy) is 2. The molecular formula is C40H34F3N3O6. The van der Waals surface area contributed by atoms with Crippen LogP contribution in [-0.2, 0) is 28.7 Å². The Morgan fingerprint density at radius 1 is 0.827 bits per heavy atom. The summed E-state index contributed by atoms with van der Waals surface area (Å²) < 4.78 is 53.1. The first-order valence-corrected chi connectivity index (χ1v) is 16.2. The van der Waals surface area contributed by atoms with E-state index in [0.717, 1.165) is 11.6 Å². The zero-order valence-corrected chi connectivity index (χ0v) is 28.3. The molecule has 2 amide bonds. The average Bonchev–Trinajstić information content (AvgIpc) is 3.14. The predicted octanol–water partition coefficient (Wildman–Crippen LogP) is 8.01. The van der Waals surface area contributed by atoms with Gasteiger partial charge in [0.2, 0.25) is 0 Å². The van der Waals surface area contributed by atoms with Gasteiger partial charge in [-0.2, -0.15) is 13.2 Å². The number of alkyl halides is 3. The van der Waals surface area contributed by atoms with Crippen molar-refractivity contribution in [1.82, 2.24) is 9.88 Å². The lowest BCUT2D eigenvalue weighted by atomic mass is 9.94. The molecule has 5 rings (SSSR count). The van der Waals surface area contributed by atoms with Crippen LogP contribution >= 0.6 is 0 Å². The van der Waals surface area contributed by atoms with Crippen molar-refractivity contribution in [3.63, 3.8) is 0 Å². The zero-order chi connectivity index (χ0) is 37.3. The first kappa shape index (κ1) is 37.0. The highest BCUT2D eigenvalue weighted by Gasteiger charge is 2.37. The molecule has 0 bridgehead atoms. The number of nitrogens with one attached hydrogen (secondary N) is 1. The number of pyridine rings is 1.